The van der Waals surface area contributed by atoms with Crippen LogP contribution in [0, 0.1) is 11.8 Å². The zero-order valence-corrected chi connectivity index (χ0v) is 15.5. The predicted molar refractivity (Wildman–Crippen MR) is 93.6 cm³/mol. The lowest BCUT2D eigenvalue weighted by Gasteiger charge is -2.34. The summed E-state index contributed by atoms with van der Waals surface area (Å²) >= 11 is 0. The Hall–Kier alpha value is -0.810. The quantitative estimate of drug-likeness (QED) is 0.788. The van der Waals surface area contributed by atoms with Crippen molar-refractivity contribution in [1.29, 1.82) is 0 Å². The van der Waals surface area contributed by atoms with Gasteiger partial charge in [-0.1, -0.05) is 0 Å². The molecule has 0 bridgehead atoms. The molecule has 2 rings (SSSR count). The van der Waals surface area contributed by atoms with Crippen LogP contribution in [-0.4, -0.2) is 55.4 Å². The maximum absolute atomic E-state index is 12.0. The van der Waals surface area contributed by atoms with Gasteiger partial charge in [0, 0.05) is 25.2 Å². The van der Waals surface area contributed by atoms with Gasteiger partial charge in [0.2, 0.25) is 0 Å². The maximum atomic E-state index is 12.0. The Morgan fingerprint density at radius 1 is 1.26 bits per heavy atom. The Kier molecular flexibility index (Phi) is 6.32. The van der Waals surface area contributed by atoms with Crippen LogP contribution in [0.2, 0.25) is 0 Å². The van der Waals surface area contributed by atoms with Gasteiger partial charge in [0.05, 0.1) is 0 Å². The number of alkyl carbamates (subject to hydrolysis) is 1. The first kappa shape index (κ1) is 18.5. The number of likely N-dealkylation sites (tertiary alicyclic amines) is 1. The summed E-state index contributed by atoms with van der Waals surface area (Å²) in [5.41, 5.74) is -0.439. The molecule has 1 aliphatic carbocycles. The zero-order chi connectivity index (χ0) is 17.0. The molecule has 1 heterocycles. The molecule has 5 nitrogen and oxygen atoms in total. The van der Waals surface area contributed by atoms with Crippen molar-refractivity contribution in [2.75, 3.05) is 26.7 Å². The van der Waals surface area contributed by atoms with Gasteiger partial charge in [-0.25, -0.2) is 4.79 Å². The number of rotatable bonds is 6. The first-order valence-electron chi connectivity index (χ1n) is 9.16. The van der Waals surface area contributed by atoms with Gasteiger partial charge in [0.25, 0.3) is 0 Å². The molecule has 2 N–H and O–H groups in total. The molecule has 0 radical (unpaired) electrons. The summed E-state index contributed by atoms with van der Waals surface area (Å²) in [7, 11) is 2.20. The highest BCUT2D eigenvalue weighted by Gasteiger charge is 2.34. The highest BCUT2D eigenvalue weighted by atomic mass is 16.6. The molecule has 0 aromatic rings. The first-order chi connectivity index (χ1) is 10.7. The largest absolute Gasteiger partial charge is 0.444 e. The van der Waals surface area contributed by atoms with Crippen LogP contribution >= 0.6 is 0 Å². The molecule has 0 spiro atoms. The number of carbonyl (C=O) groups is 1. The summed E-state index contributed by atoms with van der Waals surface area (Å²) in [5.74, 6) is 1.31. The number of nitrogens with one attached hydrogen (secondary N) is 2. The van der Waals surface area contributed by atoms with Crippen LogP contribution in [-0.2, 0) is 4.74 Å². The van der Waals surface area contributed by atoms with Crippen LogP contribution in [0.3, 0.4) is 0 Å². The van der Waals surface area contributed by atoms with Crippen molar-refractivity contribution in [3.8, 4) is 0 Å². The monoisotopic (exact) mass is 325 g/mol. The fourth-order valence-electron chi connectivity index (χ4n) is 3.39. The Labute approximate surface area is 141 Å². The van der Waals surface area contributed by atoms with E-state index in [9.17, 15) is 4.79 Å². The van der Waals surface area contributed by atoms with Crippen molar-refractivity contribution in [3.05, 3.63) is 0 Å². The average molecular weight is 325 g/mol. The second-order valence-corrected chi connectivity index (χ2v) is 8.45. The molecule has 1 saturated carbocycles. The van der Waals surface area contributed by atoms with Crippen LogP contribution in [0.25, 0.3) is 0 Å². The number of ether oxygens (including phenoxy) is 1. The van der Waals surface area contributed by atoms with Crippen LogP contribution < -0.4 is 10.6 Å². The molecular weight excluding hydrogens is 290 g/mol. The number of carbonyl (C=O) groups excluding carboxylic acids is 1. The van der Waals surface area contributed by atoms with Crippen LogP contribution in [0.5, 0.6) is 0 Å². The van der Waals surface area contributed by atoms with Gasteiger partial charge < -0.3 is 20.3 Å². The highest BCUT2D eigenvalue weighted by molar-refractivity contribution is 5.68. The lowest BCUT2D eigenvalue weighted by molar-refractivity contribution is 0.0495. The Morgan fingerprint density at radius 2 is 1.96 bits per heavy atom. The minimum atomic E-state index is -0.439. The van der Waals surface area contributed by atoms with Crippen LogP contribution in [0.1, 0.15) is 53.4 Å². The third kappa shape index (κ3) is 6.68. The van der Waals surface area contributed by atoms with E-state index < -0.39 is 5.60 Å². The van der Waals surface area contributed by atoms with E-state index in [1.165, 1.54) is 38.8 Å². The van der Waals surface area contributed by atoms with Crippen molar-refractivity contribution >= 4 is 6.09 Å². The third-order valence-electron chi connectivity index (χ3n) is 4.92. The smallest absolute Gasteiger partial charge is 0.407 e. The van der Waals surface area contributed by atoms with Gasteiger partial charge in [0.15, 0.2) is 0 Å². The molecule has 23 heavy (non-hydrogen) atoms. The summed E-state index contributed by atoms with van der Waals surface area (Å²) in [6, 6.07) is 0.674. The van der Waals surface area contributed by atoms with Crippen LogP contribution in [0.15, 0.2) is 0 Å². The van der Waals surface area contributed by atoms with Gasteiger partial charge in [-0.15, -0.1) is 0 Å². The molecule has 0 aromatic heterocycles. The Bertz CT molecular complexity index is 390. The SMILES string of the molecule is CC(NCC(NC(=O)OC(C)(C)C)C1CC1)C1CCCN(C)C1. The van der Waals surface area contributed by atoms with E-state index in [0.29, 0.717) is 17.9 Å². The first-order valence-corrected chi connectivity index (χ1v) is 9.16. The second kappa shape index (κ2) is 7.84. The summed E-state index contributed by atoms with van der Waals surface area (Å²) in [5, 5.41) is 6.73. The molecule has 2 aliphatic rings. The molecule has 0 aromatic carbocycles. The topological polar surface area (TPSA) is 53.6 Å². The van der Waals surface area contributed by atoms with E-state index in [-0.39, 0.29) is 12.1 Å². The van der Waals surface area contributed by atoms with Crippen molar-refractivity contribution in [2.24, 2.45) is 11.8 Å². The second-order valence-electron chi connectivity index (χ2n) is 8.45. The zero-order valence-electron chi connectivity index (χ0n) is 15.5. The van der Waals surface area contributed by atoms with E-state index >= 15 is 0 Å². The number of hydrogen-bond donors (Lipinski definition) is 2. The van der Waals surface area contributed by atoms with Crippen LogP contribution in [0.4, 0.5) is 4.79 Å². The lowest BCUT2D eigenvalue weighted by atomic mass is 9.91. The summed E-state index contributed by atoms with van der Waals surface area (Å²) in [6.45, 7) is 11.2. The van der Waals surface area contributed by atoms with Gasteiger partial charge >= 0.3 is 6.09 Å². The van der Waals surface area contributed by atoms with Gasteiger partial charge in [-0.05, 0) is 78.8 Å². The predicted octanol–water partition coefficient (Wildman–Crippen LogP) is 2.61. The normalized spacial score (nSPS) is 25.7. The summed E-state index contributed by atoms with van der Waals surface area (Å²) < 4.78 is 5.40. The maximum Gasteiger partial charge on any atom is 0.407 e. The van der Waals surface area contributed by atoms with E-state index in [1.54, 1.807) is 0 Å². The molecule has 1 saturated heterocycles. The summed E-state index contributed by atoms with van der Waals surface area (Å²) in [4.78, 5) is 14.4. The van der Waals surface area contributed by atoms with E-state index in [4.69, 9.17) is 4.74 Å². The van der Waals surface area contributed by atoms with Crippen molar-refractivity contribution in [3.63, 3.8) is 0 Å². The van der Waals surface area contributed by atoms with E-state index in [0.717, 1.165) is 6.54 Å². The molecule has 3 unspecified atom stereocenters. The Morgan fingerprint density at radius 3 is 2.52 bits per heavy atom. The molecular formula is C18H35N3O2. The molecule has 134 valence electrons. The average Bonchev–Trinajstić information content (AvgIpc) is 3.25. The number of nitrogens with zero attached hydrogens (tertiary/aromatic N) is 1. The minimum absolute atomic E-state index is 0.189. The van der Waals surface area contributed by atoms with Gasteiger partial charge in [-0.2, -0.15) is 0 Å². The molecule has 1 amide bonds. The number of piperidine rings is 1. The lowest BCUT2D eigenvalue weighted by Crippen LogP contribution is -2.50. The number of amides is 1. The molecule has 1 aliphatic heterocycles. The molecule has 3 atom stereocenters. The van der Waals surface area contributed by atoms with Gasteiger partial charge in [0.1, 0.15) is 5.60 Å². The molecule has 2 fully saturated rings. The van der Waals surface area contributed by atoms with E-state index in [1.807, 2.05) is 20.8 Å². The van der Waals surface area contributed by atoms with Crippen molar-refractivity contribution in [1.82, 2.24) is 15.5 Å². The third-order valence-corrected chi connectivity index (χ3v) is 4.92. The minimum Gasteiger partial charge on any atom is -0.444 e. The Balaban J connectivity index is 1.77. The molecule has 5 heteroatoms. The van der Waals surface area contributed by atoms with Crippen molar-refractivity contribution in [2.45, 2.75) is 71.1 Å². The standard InChI is InChI=1S/C18H35N3O2/c1-13(15-7-6-10-21(5)12-15)19-11-16(14-8-9-14)20-17(22)23-18(2,3)4/h13-16,19H,6-12H2,1-5H3,(H,20,22). The van der Waals surface area contributed by atoms with E-state index in [2.05, 4.69) is 29.5 Å². The summed E-state index contributed by atoms with van der Waals surface area (Å²) in [6.07, 6.45) is 4.72. The number of hydrogen-bond acceptors (Lipinski definition) is 4. The fourth-order valence-corrected chi connectivity index (χ4v) is 3.39. The van der Waals surface area contributed by atoms with Gasteiger partial charge in [-0.3, -0.25) is 0 Å². The highest BCUT2D eigenvalue weighted by Crippen LogP contribution is 2.32. The fraction of sp³-hybridized carbons (Fsp3) is 0.944. The van der Waals surface area contributed by atoms with Crippen molar-refractivity contribution < 1.29 is 9.53 Å².